The molecule has 0 aliphatic rings. The quantitative estimate of drug-likeness (QED) is 0.0959. The highest BCUT2D eigenvalue weighted by Gasteiger charge is 2.27. The van der Waals surface area contributed by atoms with E-state index >= 15 is 0 Å². The molecule has 0 aromatic heterocycles. The highest BCUT2D eigenvalue weighted by Crippen LogP contribution is 2.48. The third-order valence-corrected chi connectivity index (χ3v) is 8.77. The first kappa shape index (κ1) is 40.2. The van der Waals surface area contributed by atoms with E-state index < -0.39 is 0 Å². The smallest absolute Gasteiger partial charge is 0.203 e. The van der Waals surface area contributed by atoms with Crippen LogP contribution >= 0.6 is 0 Å². The van der Waals surface area contributed by atoms with Gasteiger partial charge in [0.2, 0.25) is 23.0 Å². The molecule has 4 aromatic carbocycles. The summed E-state index contributed by atoms with van der Waals surface area (Å²) in [7, 11) is 18.9. The Hall–Kier alpha value is -5.56. The monoisotopic (exact) mass is 738 g/mol. The molecule has 0 heterocycles. The van der Waals surface area contributed by atoms with E-state index in [4.69, 9.17) is 61.6 Å². The fourth-order valence-corrected chi connectivity index (χ4v) is 6.34. The van der Waals surface area contributed by atoms with E-state index in [1.807, 2.05) is 36.4 Å². The molecule has 4 rings (SSSR count). The Labute approximate surface area is 311 Å². The lowest BCUT2D eigenvalue weighted by atomic mass is 9.90. The lowest BCUT2D eigenvalue weighted by molar-refractivity contribution is 0.106. The molecule has 0 radical (unpaired) electrons. The zero-order valence-electron chi connectivity index (χ0n) is 32.6. The summed E-state index contributed by atoms with van der Waals surface area (Å²) < 4.78 is 75.1. The van der Waals surface area contributed by atoms with Crippen molar-refractivity contribution in [2.24, 2.45) is 0 Å². The Morgan fingerprint density at radius 3 is 1.02 bits per heavy atom. The van der Waals surface area contributed by atoms with E-state index in [0.29, 0.717) is 81.8 Å². The molecule has 4 aromatic rings. The number of hydrogen-bond donors (Lipinski definition) is 0. The fraction of sp³-hybridized carbons (Fsp3) is 0.400. The van der Waals surface area contributed by atoms with Crippen LogP contribution in [0.25, 0.3) is 0 Å². The lowest BCUT2D eigenvalue weighted by Crippen LogP contribution is -2.09. The Balaban J connectivity index is 1.88. The van der Waals surface area contributed by atoms with Gasteiger partial charge < -0.3 is 61.6 Å². The standard InChI is InChI=1S/C40H50O13/c1-41-29-14-23(15-30(42-2)37(29)49-9)13-27-25(19-33(45-5)39(51-11)35(27)47-7)18-28-26(20-34(46-6)40(52-12)36(28)48-8)22-53-21-24-16-31(43-3)38(50-10)32(17-24)44-4/h14-17,19-20H,13,18,21-22H2,1-12H3. The van der Waals surface area contributed by atoms with Gasteiger partial charge in [0, 0.05) is 24.0 Å². The first-order chi connectivity index (χ1) is 25.7. The van der Waals surface area contributed by atoms with E-state index in [1.54, 1.807) is 85.3 Å². The fourth-order valence-electron chi connectivity index (χ4n) is 6.34. The number of methoxy groups -OCH3 is 12. The van der Waals surface area contributed by atoms with E-state index in [2.05, 4.69) is 0 Å². The van der Waals surface area contributed by atoms with E-state index in [-0.39, 0.29) is 13.2 Å². The van der Waals surface area contributed by atoms with Crippen LogP contribution < -0.4 is 56.8 Å². The Bertz CT molecular complexity index is 1800. The molecule has 0 aliphatic carbocycles. The Morgan fingerprint density at radius 1 is 0.302 bits per heavy atom. The summed E-state index contributed by atoms with van der Waals surface area (Å²) in [6, 6.07) is 11.3. The van der Waals surface area contributed by atoms with Gasteiger partial charge in [0.05, 0.1) is 98.5 Å². The molecule has 0 bridgehead atoms. The maximum absolute atomic E-state index is 6.34. The minimum Gasteiger partial charge on any atom is -0.493 e. The van der Waals surface area contributed by atoms with Gasteiger partial charge in [-0.1, -0.05) is 0 Å². The van der Waals surface area contributed by atoms with Crippen molar-refractivity contribution in [1.29, 1.82) is 0 Å². The molecule has 0 unspecified atom stereocenters. The Kier molecular flexibility index (Phi) is 14.3. The number of ether oxygens (including phenoxy) is 13. The third kappa shape index (κ3) is 8.41. The molecule has 0 fully saturated rings. The topological polar surface area (TPSA) is 120 Å². The maximum atomic E-state index is 6.34. The average Bonchev–Trinajstić information content (AvgIpc) is 3.19. The summed E-state index contributed by atoms with van der Waals surface area (Å²) in [5, 5.41) is 0. The number of benzene rings is 4. The third-order valence-electron chi connectivity index (χ3n) is 8.77. The van der Waals surface area contributed by atoms with Crippen LogP contribution in [0, 0.1) is 0 Å². The largest absolute Gasteiger partial charge is 0.493 e. The highest BCUT2D eigenvalue weighted by atomic mass is 16.6. The zero-order valence-corrected chi connectivity index (χ0v) is 32.6. The summed E-state index contributed by atoms with van der Waals surface area (Å²) in [6.45, 7) is 0.429. The van der Waals surface area contributed by atoms with Crippen molar-refractivity contribution in [2.45, 2.75) is 26.1 Å². The molecular weight excluding hydrogens is 688 g/mol. The van der Waals surface area contributed by atoms with Crippen LogP contribution in [-0.2, 0) is 30.8 Å². The first-order valence-corrected chi connectivity index (χ1v) is 16.5. The molecule has 288 valence electrons. The molecular formula is C40H50O13. The van der Waals surface area contributed by atoms with Crippen molar-refractivity contribution in [2.75, 3.05) is 85.3 Å². The molecule has 13 nitrogen and oxygen atoms in total. The van der Waals surface area contributed by atoms with E-state index in [9.17, 15) is 0 Å². The molecule has 0 saturated carbocycles. The molecule has 0 spiro atoms. The normalized spacial score (nSPS) is 10.6. The van der Waals surface area contributed by atoms with Crippen molar-refractivity contribution in [1.82, 2.24) is 0 Å². The van der Waals surface area contributed by atoms with Gasteiger partial charge in [-0.15, -0.1) is 0 Å². The lowest BCUT2D eigenvalue weighted by Gasteiger charge is -2.23. The van der Waals surface area contributed by atoms with Gasteiger partial charge in [0.1, 0.15) is 0 Å². The zero-order chi connectivity index (χ0) is 38.7. The van der Waals surface area contributed by atoms with Crippen LogP contribution in [0.3, 0.4) is 0 Å². The van der Waals surface area contributed by atoms with Gasteiger partial charge in [-0.05, 0) is 58.7 Å². The molecule has 13 heteroatoms. The van der Waals surface area contributed by atoms with Gasteiger partial charge >= 0.3 is 0 Å². The summed E-state index contributed by atoms with van der Waals surface area (Å²) in [6.07, 6.45) is 0.751. The summed E-state index contributed by atoms with van der Waals surface area (Å²) in [4.78, 5) is 0. The number of hydrogen-bond acceptors (Lipinski definition) is 13. The predicted octanol–water partition coefficient (Wildman–Crippen LogP) is 6.69. The van der Waals surface area contributed by atoms with Gasteiger partial charge in [-0.25, -0.2) is 0 Å². The second-order valence-electron chi connectivity index (χ2n) is 11.5. The van der Waals surface area contributed by atoms with Crippen LogP contribution in [0.2, 0.25) is 0 Å². The van der Waals surface area contributed by atoms with Crippen LogP contribution in [0.1, 0.15) is 33.4 Å². The van der Waals surface area contributed by atoms with E-state index in [0.717, 1.165) is 33.4 Å². The van der Waals surface area contributed by atoms with Crippen molar-refractivity contribution in [3.63, 3.8) is 0 Å². The molecule has 0 aliphatic heterocycles. The van der Waals surface area contributed by atoms with Crippen LogP contribution in [0.15, 0.2) is 36.4 Å². The first-order valence-electron chi connectivity index (χ1n) is 16.5. The minimum atomic E-state index is 0.190. The van der Waals surface area contributed by atoms with Crippen molar-refractivity contribution < 1.29 is 61.6 Å². The van der Waals surface area contributed by atoms with Crippen molar-refractivity contribution in [3.8, 4) is 69.0 Å². The van der Waals surface area contributed by atoms with E-state index in [1.165, 1.54) is 0 Å². The second-order valence-corrected chi connectivity index (χ2v) is 11.5. The second kappa shape index (κ2) is 18.8. The summed E-state index contributed by atoms with van der Waals surface area (Å²) in [5.41, 5.74) is 5.00. The predicted molar refractivity (Wildman–Crippen MR) is 198 cm³/mol. The maximum Gasteiger partial charge on any atom is 0.203 e. The molecule has 0 N–H and O–H groups in total. The molecule has 0 atom stereocenters. The highest BCUT2D eigenvalue weighted by molar-refractivity contribution is 5.65. The van der Waals surface area contributed by atoms with Gasteiger partial charge in [-0.2, -0.15) is 0 Å². The van der Waals surface area contributed by atoms with Crippen LogP contribution in [0.5, 0.6) is 69.0 Å². The SMILES string of the molecule is COc1cc(COCc2cc(OC)c(OC)c(OC)c2Cc2cc(OC)c(OC)c(OC)c2Cc2cc(OC)c(OC)c(OC)c2)cc(OC)c1OC. The minimum absolute atomic E-state index is 0.190. The summed E-state index contributed by atoms with van der Waals surface area (Å²) >= 11 is 0. The van der Waals surface area contributed by atoms with Gasteiger partial charge in [0.15, 0.2) is 46.0 Å². The summed E-state index contributed by atoms with van der Waals surface area (Å²) in [5.74, 6) is 5.97. The average molecular weight is 739 g/mol. The van der Waals surface area contributed by atoms with Crippen molar-refractivity contribution >= 4 is 0 Å². The van der Waals surface area contributed by atoms with Crippen molar-refractivity contribution in [3.05, 3.63) is 69.8 Å². The molecule has 53 heavy (non-hydrogen) atoms. The van der Waals surface area contributed by atoms with Gasteiger partial charge in [0.25, 0.3) is 0 Å². The van der Waals surface area contributed by atoms with Crippen LogP contribution in [-0.4, -0.2) is 85.3 Å². The van der Waals surface area contributed by atoms with Gasteiger partial charge in [-0.3, -0.25) is 0 Å². The van der Waals surface area contributed by atoms with Crippen LogP contribution in [0.4, 0.5) is 0 Å². The number of rotatable bonds is 20. The molecule has 0 saturated heterocycles. The Morgan fingerprint density at radius 2 is 0.642 bits per heavy atom. The molecule has 0 amide bonds.